The smallest absolute Gasteiger partial charge is 0.00389 e. The van der Waals surface area contributed by atoms with Crippen LogP contribution in [-0.4, -0.2) is 12.6 Å². The van der Waals surface area contributed by atoms with Gasteiger partial charge in [0.1, 0.15) is 0 Å². The fraction of sp³-hybridized carbons (Fsp3) is 1.00. The molecule has 10 heavy (non-hydrogen) atoms. The highest BCUT2D eigenvalue weighted by atomic mass is 14.9. The van der Waals surface area contributed by atoms with E-state index in [0.29, 0.717) is 0 Å². The van der Waals surface area contributed by atoms with Gasteiger partial charge in [0.25, 0.3) is 0 Å². The van der Waals surface area contributed by atoms with E-state index in [0.717, 1.165) is 17.9 Å². The lowest BCUT2D eigenvalue weighted by Crippen LogP contribution is -2.37. The van der Waals surface area contributed by atoms with Crippen molar-refractivity contribution in [2.45, 2.75) is 38.6 Å². The van der Waals surface area contributed by atoms with Gasteiger partial charge in [-0.25, -0.2) is 0 Å². The molecule has 0 radical (unpaired) electrons. The lowest BCUT2D eigenvalue weighted by molar-refractivity contribution is 0.296. The summed E-state index contributed by atoms with van der Waals surface area (Å²) in [5.74, 6) is 2.15. The molecule has 1 saturated carbocycles. The topological polar surface area (TPSA) is 12.0 Å². The van der Waals surface area contributed by atoms with Gasteiger partial charge in [-0.2, -0.15) is 0 Å². The van der Waals surface area contributed by atoms with Crippen LogP contribution in [0.2, 0.25) is 0 Å². The molecule has 0 spiro atoms. The van der Waals surface area contributed by atoms with E-state index in [1.54, 1.807) is 0 Å². The zero-order valence-electron chi connectivity index (χ0n) is 6.77. The molecule has 0 amide bonds. The normalized spacial score (nSPS) is 41.7. The zero-order chi connectivity index (χ0) is 6.97. The second-order valence-corrected chi connectivity index (χ2v) is 3.98. The third-order valence-electron chi connectivity index (χ3n) is 2.99. The number of nitrogens with one attached hydrogen (secondary N) is 1. The number of hydrogen-bond donors (Lipinski definition) is 1. The molecule has 1 heteroatoms. The Bertz CT molecular complexity index is 110. The average molecular weight is 139 g/mol. The van der Waals surface area contributed by atoms with Crippen molar-refractivity contribution in [1.29, 1.82) is 0 Å². The van der Waals surface area contributed by atoms with Crippen LogP contribution < -0.4 is 5.32 Å². The molecule has 0 aromatic rings. The van der Waals surface area contributed by atoms with Crippen molar-refractivity contribution in [3.8, 4) is 0 Å². The SMILES string of the molecule is CC1CCC(C2CC2)CN1. The van der Waals surface area contributed by atoms with Crippen molar-refractivity contribution in [2.75, 3.05) is 6.54 Å². The molecule has 1 heterocycles. The molecule has 1 aliphatic heterocycles. The quantitative estimate of drug-likeness (QED) is 0.584. The molecule has 2 atom stereocenters. The number of piperidine rings is 1. The van der Waals surface area contributed by atoms with Crippen LogP contribution in [0, 0.1) is 11.8 Å². The first kappa shape index (κ1) is 6.66. The number of rotatable bonds is 1. The molecule has 1 N–H and O–H groups in total. The summed E-state index contributed by atoms with van der Waals surface area (Å²) >= 11 is 0. The fourth-order valence-corrected chi connectivity index (χ4v) is 1.99. The Hall–Kier alpha value is -0.0400. The van der Waals surface area contributed by atoms with Crippen LogP contribution in [0.5, 0.6) is 0 Å². The van der Waals surface area contributed by atoms with Crippen molar-refractivity contribution in [3.63, 3.8) is 0 Å². The Labute approximate surface area is 63.2 Å². The molecular weight excluding hydrogens is 122 g/mol. The van der Waals surface area contributed by atoms with Crippen molar-refractivity contribution in [2.24, 2.45) is 11.8 Å². The van der Waals surface area contributed by atoms with Crippen molar-refractivity contribution in [1.82, 2.24) is 5.32 Å². The second kappa shape index (κ2) is 2.54. The van der Waals surface area contributed by atoms with Gasteiger partial charge in [-0.05, 0) is 51.0 Å². The maximum Gasteiger partial charge on any atom is 0.00389 e. The van der Waals surface area contributed by atoms with Crippen molar-refractivity contribution >= 4 is 0 Å². The predicted molar refractivity (Wildman–Crippen MR) is 42.9 cm³/mol. The highest BCUT2D eigenvalue weighted by Gasteiger charge is 2.32. The minimum atomic E-state index is 0.787. The summed E-state index contributed by atoms with van der Waals surface area (Å²) in [6, 6.07) is 0.787. The van der Waals surface area contributed by atoms with Gasteiger partial charge in [-0.3, -0.25) is 0 Å². The molecule has 1 nitrogen and oxygen atoms in total. The van der Waals surface area contributed by atoms with Crippen LogP contribution in [0.25, 0.3) is 0 Å². The maximum absolute atomic E-state index is 3.55. The molecule has 0 bridgehead atoms. The van der Waals surface area contributed by atoms with Gasteiger partial charge in [0, 0.05) is 6.04 Å². The van der Waals surface area contributed by atoms with Gasteiger partial charge < -0.3 is 5.32 Å². The summed E-state index contributed by atoms with van der Waals surface area (Å²) in [5, 5.41) is 3.55. The predicted octanol–water partition coefficient (Wildman–Crippen LogP) is 1.78. The molecule has 2 aliphatic rings. The molecule has 0 aromatic heterocycles. The Morgan fingerprint density at radius 2 is 1.70 bits per heavy atom. The van der Waals surface area contributed by atoms with Gasteiger partial charge in [0.05, 0.1) is 0 Å². The molecule has 2 fully saturated rings. The Balaban J connectivity index is 1.79. The van der Waals surface area contributed by atoms with Gasteiger partial charge in [-0.1, -0.05) is 0 Å². The second-order valence-electron chi connectivity index (χ2n) is 3.98. The first-order valence-electron chi connectivity index (χ1n) is 4.59. The van der Waals surface area contributed by atoms with Crippen molar-refractivity contribution in [3.05, 3.63) is 0 Å². The van der Waals surface area contributed by atoms with E-state index in [2.05, 4.69) is 12.2 Å². The summed E-state index contributed by atoms with van der Waals surface area (Å²) in [7, 11) is 0. The molecule has 58 valence electrons. The first-order valence-corrected chi connectivity index (χ1v) is 4.59. The molecule has 1 saturated heterocycles. The highest BCUT2D eigenvalue weighted by Crippen LogP contribution is 2.39. The molecular formula is C9H17N. The van der Waals surface area contributed by atoms with E-state index in [1.807, 2.05) is 0 Å². The Morgan fingerprint density at radius 1 is 1.00 bits per heavy atom. The van der Waals surface area contributed by atoms with E-state index in [4.69, 9.17) is 0 Å². The van der Waals surface area contributed by atoms with Gasteiger partial charge in [0.15, 0.2) is 0 Å². The van der Waals surface area contributed by atoms with Crippen LogP contribution in [0.4, 0.5) is 0 Å². The average Bonchev–Trinajstić information content (AvgIpc) is 2.71. The standard InChI is InChI=1S/C9H17N/c1-7-2-3-9(6-10-7)8-4-5-8/h7-10H,2-6H2,1H3. The van der Waals surface area contributed by atoms with E-state index < -0.39 is 0 Å². The molecule has 1 aliphatic carbocycles. The maximum atomic E-state index is 3.55. The molecule has 0 aromatic carbocycles. The first-order chi connectivity index (χ1) is 4.86. The van der Waals surface area contributed by atoms with Crippen LogP contribution in [0.15, 0.2) is 0 Å². The van der Waals surface area contributed by atoms with E-state index in [9.17, 15) is 0 Å². The monoisotopic (exact) mass is 139 g/mol. The lowest BCUT2D eigenvalue weighted by Gasteiger charge is -2.27. The van der Waals surface area contributed by atoms with E-state index in [1.165, 1.54) is 32.2 Å². The largest absolute Gasteiger partial charge is 0.314 e. The fourth-order valence-electron chi connectivity index (χ4n) is 1.99. The van der Waals surface area contributed by atoms with Crippen LogP contribution in [0.3, 0.4) is 0 Å². The summed E-state index contributed by atoms with van der Waals surface area (Å²) < 4.78 is 0. The van der Waals surface area contributed by atoms with Gasteiger partial charge >= 0.3 is 0 Å². The number of hydrogen-bond acceptors (Lipinski definition) is 1. The summed E-state index contributed by atoms with van der Waals surface area (Å²) in [4.78, 5) is 0. The third-order valence-corrected chi connectivity index (χ3v) is 2.99. The third kappa shape index (κ3) is 1.34. The molecule has 2 rings (SSSR count). The van der Waals surface area contributed by atoms with Gasteiger partial charge in [0.2, 0.25) is 0 Å². The van der Waals surface area contributed by atoms with Crippen LogP contribution in [0.1, 0.15) is 32.6 Å². The Morgan fingerprint density at radius 3 is 2.20 bits per heavy atom. The summed E-state index contributed by atoms with van der Waals surface area (Å²) in [5.41, 5.74) is 0. The lowest BCUT2D eigenvalue weighted by atomic mass is 9.92. The summed E-state index contributed by atoms with van der Waals surface area (Å²) in [6.45, 7) is 3.59. The highest BCUT2D eigenvalue weighted by molar-refractivity contribution is 4.86. The van der Waals surface area contributed by atoms with Crippen LogP contribution >= 0.6 is 0 Å². The molecule has 2 unspecified atom stereocenters. The minimum absolute atomic E-state index is 0.787. The van der Waals surface area contributed by atoms with Crippen LogP contribution in [-0.2, 0) is 0 Å². The van der Waals surface area contributed by atoms with E-state index in [-0.39, 0.29) is 0 Å². The van der Waals surface area contributed by atoms with Gasteiger partial charge in [-0.15, -0.1) is 0 Å². The van der Waals surface area contributed by atoms with Crippen molar-refractivity contribution < 1.29 is 0 Å². The Kier molecular flexibility index (Phi) is 1.69. The minimum Gasteiger partial charge on any atom is -0.314 e. The summed E-state index contributed by atoms with van der Waals surface area (Å²) in [6.07, 6.45) is 5.92. The van der Waals surface area contributed by atoms with E-state index >= 15 is 0 Å². The zero-order valence-corrected chi connectivity index (χ0v) is 6.77.